The number of nitrogens with one attached hydrogen (secondary N) is 2. The van der Waals surface area contributed by atoms with Crippen LogP contribution in [0.5, 0.6) is 0 Å². The van der Waals surface area contributed by atoms with Gasteiger partial charge in [0, 0.05) is 18.5 Å². The third kappa shape index (κ3) is 4.11. The molecule has 3 nitrogen and oxygen atoms in total. The van der Waals surface area contributed by atoms with Crippen LogP contribution in [0.3, 0.4) is 0 Å². The fourth-order valence-electron chi connectivity index (χ4n) is 3.31. The van der Waals surface area contributed by atoms with Gasteiger partial charge >= 0.3 is 6.18 Å². The summed E-state index contributed by atoms with van der Waals surface area (Å²) in [5.41, 5.74) is 0. The highest BCUT2D eigenvalue weighted by Crippen LogP contribution is 2.40. The molecule has 0 radical (unpaired) electrons. The van der Waals surface area contributed by atoms with Crippen molar-refractivity contribution in [2.24, 2.45) is 17.8 Å². The van der Waals surface area contributed by atoms with Gasteiger partial charge in [-0.25, -0.2) is 0 Å². The van der Waals surface area contributed by atoms with Crippen LogP contribution in [0.2, 0.25) is 0 Å². The fourth-order valence-corrected chi connectivity index (χ4v) is 3.31. The summed E-state index contributed by atoms with van der Waals surface area (Å²) >= 11 is 0. The number of amides is 1. The third-order valence-corrected chi connectivity index (χ3v) is 4.42. The van der Waals surface area contributed by atoms with Gasteiger partial charge in [-0.2, -0.15) is 13.2 Å². The lowest BCUT2D eigenvalue weighted by molar-refractivity contribution is -0.186. The molecule has 4 atom stereocenters. The first-order valence-corrected chi connectivity index (χ1v) is 7.44. The summed E-state index contributed by atoms with van der Waals surface area (Å²) in [5, 5.41) is 6.15. The van der Waals surface area contributed by atoms with Gasteiger partial charge in [-0.15, -0.1) is 0 Å². The Morgan fingerprint density at radius 1 is 1.20 bits per heavy atom. The quantitative estimate of drug-likeness (QED) is 0.821. The maximum Gasteiger partial charge on any atom is 0.391 e. The summed E-state index contributed by atoms with van der Waals surface area (Å²) < 4.78 is 38.2. The second-order valence-corrected chi connectivity index (χ2v) is 6.31. The lowest BCUT2D eigenvalue weighted by Gasteiger charge is -2.33. The van der Waals surface area contributed by atoms with Crippen molar-refractivity contribution in [3.05, 3.63) is 0 Å². The molecule has 1 amide bonds. The van der Waals surface area contributed by atoms with E-state index in [-0.39, 0.29) is 24.8 Å². The molecule has 2 N–H and O–H groups in total. The van der Waals surface area contributed by atoms with E-state index in [2.05, 4.69) is 17.6 Å². The molecule has 1 aliphatic carbocycles. The van der Waals surface area contributed by atoms with Gasteiger partial charge in [0.05, 0.1) is 5.92 Å². The molecule has 1 saturated heterocycles. The Balaban J connectivity index is 1.85. The van der Waals surface area contributed by atoms with Gasteiger partial charge in [-0.1, -0.05) is 13.3 Å². The van der Waals surface area contributed by atoms with Gasteiger partial charge in [-0.3, -0.25) is 4.79 Å². The van der Waals surface area contributed by atoms with Crippen LogP contribution >= 0.6 is 0 Å². The van der Waals surface area contributed by atoms with Gasteiger partial charge in [0.2, 0.25) is 5.91 Å². The minimum absolute atomic E-state index is 0.0506. The first kappa shape index (κ1) is 15.6. The zero-order valence-electron chi connectivity index (χ0n) is 11.8. The van der Waals surface area contributed by atoms with E-state index in [1.807, 2.05) is 0 Å². The maximum atomic E-state index is 12.7. The standard InChI is InChI=1S/C14H23F3N2O/c1-9-5-12(8-18-7-9)19-13(20)10-3-2-4-11(6-10)14(15,16)17/h9-12,18H,2-8H2,1H3,(H,19,20). The second kappa shape index (κ2) is 6.33. The molecular weight excluding hydrogens is 269 g/mol. The van der Waals surface area contributed by atoms with Gasteiger partial charge < -0.3 is 10.6 Å². The predicted molar refractivity (Wildman–Crippen MR) is 70.1 cm³/mol. The Morgan fingerprint density at radius 3 is 2.60 bits per heavy atom. The van der Waals surface area contributed by atoms with Gasteiger partial charge in [-0.05, 0) is 38.1 Å². The molecule has 2 aliphatic rings. The van der Waals surface area contributed by atoms with Crippen LogP contribution in [0, 0.1) is 17.8 Å². The average molecular weight is 292 g/mol. The molecule has 0 bridgehead atoms. The van der Waals surface area contributed by atoms with Crippen molar-refractivity contribution in [2.45, 2.75) is 51.2 Å². The summed E-state index contributed by atoms with van der Waals surface area (Å²) in [6, 6.07) is 0.0533. The van der Waals surface area contributed by atoms with E-state index in [4.69, 9.17) is 0 Å². The summed E-state index contributed by atoms with van der Waals surface area (Å²) in [4.78, 5) is 12.1. The number of rotatable bonds is 2. The van der Waals surface area contributed by atoms with Crippen molar-refractivity contribution >= 4 is 5.91 Å². The smallest absolute Gasteiger partial charge is 0.352 e. The molecule has 2 rings (SSSR count). The SMILES string of the molecule is CC1CNCC(NC(=O)C2CCCC(C(F)(F)F)C2)C1. The minimum Gasteiger partial charge on any atom is -0.352 e. The third-order valence-electron chi connectivity index (χ3n) is 4.42. The van der Waals surface area contributed by atoms with Crippen LogP contribution in [0.4, 0.5) is 13.2 Å². The highest BCUT2D eigenvalue weighted by molar-refractivity contribution is 5.79. The first-order valence-electron chi connectivity index (χ1n) is 7.44. The van der Waals surface area contributed by atoms with Crippen molar-refractivity contribution in [1.82, 2.24) is 10.6 Å². The van der Waals surface area contributed by atoms with Crippen LogP contribution in [0.15, 0.2) is 0 Å². The van der Waals surface area contributed by atoms with E-state index in [1.165, 1.54) is 0 Å². The molecule has 116 valence electrons. The molecule has 0 aromatic heterocycles. The van der Waals surface area contributed by atoms with Crippen LogP contribution in [-0.2, 0) is 4.79 Å². The van der Waals surface area contributed by atoms with Crippen LogP contribution in [-0.4, -0.2) is 31.2 Å². The van der Waals surface area contributed by atoms with Gasteiger partial charge in [0.1, 0.15) is 0 Å². The van der Waals surface area contributed by atoms with Crippen LogP contribution in [0.1, 0.15) is 39.0 Å². The highest BCUT2D eigenvalue weighted by Gasteiger charge is 2.43. The number of carbonyl (C=O) groups is 1. The van der Waals surface area contributed by atoms with E-state index in [0.29, 0.717) is 25.3 Å². The number of alkyl halides is 3. The van der Waals surface area contributed by atoms with Crippen LogP contribution < -0.4 is 10.6 Å². The minimum atomic E-state index is -4.17. The lowest BCUT2D eigenvalue weighted by Crippen LogP contribution is -2.50. The van der Waals surface area contributed by atoms with E-state index in [1.54, 1.807) is 0 Å². The van der Waals surface area contributed by atoms with Gasteiger partial charge in [0.15, 0.2) is 0 Å². The summed E-state index contributed by atoms with van der Waals surface area (Å²) in [6.45, 7) is 3.75. The topological polar surface area (TPSA) is 41.1 Å². The molecule has 1 aliphatic heterocycles. The van der Waals surface area contributed by atoms with Crippen molar-refractivity contribution in [3.63, 3.8) is 0 Å². The van der Waals surface area contributed by atoms with Crippen molar-refractivity contribution in [1.29, 1.82) is 0 Å². The Morgan fingerprint density at radius 2 is 1.95 bits per heavy atom. The van der Waals surface area contributed by atoms with E-state index in [0.717, 1.165) is 13.0 Å². The maximum absolute atomic E-state index is 12.7. The zero-order chi connectivity index (χ0) is 14.8. The van der Waals surface area contributed by atoms with Crippen molar-refractivity contribution < 1.29 is 18.0 Å². The number of carbonyl (C=O) groups excluding carboxylic acids is 1. The second-order valence-electron chi connectivity index (χ2n) is 6.31. The molecule has 1 heterocycles. The Hall–Kier alpha value is -0.780. The normalized spacial score (nSPS) is 35.6. The van der Waals surface area contributed by atoms with E-state index < -0.39 is 18.0 Å². The molecule has 20 heavy (non-hydrogen) atoms. The molecule has 1 saturated carbocycles. The predicted octanol–water partition coefficient (Wildman–Crippen LogP) is 2.47. The number of hydrogen-bond donors (Lipinski definition) is 2. The summed E-state index contributed by atoms with van der Waals surface area (Å²) in [6.07, 6.45) is -2.09. The zero-order valence-corrected chi connectivity index (χ0v) is 11.8. The van der Waals surface area contributed by atoms with Crippen molar-refractivity contribution in [2.75, 3.05) is 13.1 Å². The Kier molecular flexibility index (Phi) is 4.94. The molecule has 0 aromatic carbocycles. The van der Waals surface area contributed by atoms with E-state index >= 15 is 0 Å². The number of hydrogen-bond acceptors (Lipinski definition) is 2. The highest BCUT2D eigenvalue weighted by atomic mass is 19.4. The Labute approximate surface area is 117 Å². The first-order chi connectivity index (χ1) is 9.36. The lowest BCUT2D eigenvalue weighted by atomic mass is 9.80. The molecular formula is C14H23F3N2O. The molecule has 6 heteroatoms. The fraction of sp³-hybridized carbons (Fsp3) is 0.929. The number of piperidine rings is 1. The van der Waals surface area contributed by atoms with Crippen molar-refractivity contribution in [3.8, 4) is 0 Å². The summed E-state index contributed by atoms with van der Waals surface area (Å²) in [7, 11) is 0. The monoisotopic (exact) mass is 292 g/mol. The van der Waals surface area contributed by atoms with E-state index in [9.17, 15) is 18.0 Å². The average Bonchev–Trinajstić information content (AvgIpc) is 2.38. The molecule has 0 spiro atoms. The van der Waals surface area contributed by atoms with Crippen LogP contribution in [0.25, 0.3) is 0 Å². The van der Waals surface area contributed by atoms with Gasteiger partial charge in [0.25, 0.3) is 0 Å². The summed E-state index contributed by atoms with van der Waals surface area (Å²) in [5.74, 6) is -1.49. The molecule has 4 unspecified atom stereocenters. The number of halogens is 3. The molecule has 2 fully saturated rings. The molecule has 0 aromatic rings. The Bertz CT molecular complexity index is 346. The largest absolute Gasteiger partial charge is 0.391 e.